The smallest absolute Gasteiger partial charge is 0.253 e. The number of hydrogen-bond acceptors (Lipinski definition) is 4. The molecular weight excluding hydrogens is 412 g/mol. The summed E-state index contributed by atoms with van der Waals surface area (Å²) in [6.07, 6.45) is 4.63. The number of likely N-dealkylation sites (tertiary alicyclic amines) is 2. The third kappa shape index (κ3) is 3.85. The van der Waals surface area contributed by atoms with Gasteiger partial charge in [-0.3, -0.25) is 9.69 Å². The third-order valence-electron chi connectivity index (χ3n) is 8.70. The van der Waals surface area contributed by atoms with Crippen molar-refractivity contribution in [3.63, 3.8) is 0 Å². The Balaban J connectivity index is 1.54. The monoisotopic (exact) mass is 448 g/mol. The molecule has 3 fully saturated rings. The highest BCUT2D eigenvalue weighted by molar-refractivity contribution is 5.94. The van der Waals surface area contributed by atoms with E-state index in [0.717, 1.165) is 36.6 Å². The summed E-state index contributed by atoms with van der Waals surface area (Å²) in [6.45, 7) is 7.35. The molecule has 3 aliphatic rings. The van der Waals surface area contributed by atoms with Gasteiger partial charge in [0, 0.05) is 36.7 Å². The van der Waals surface area contributed by atoms with Gasteiger partial charge in [0.25, 0.3) is 5.91 Å². The Bertz CT molecular complexity index is 1020. The van der Waals surface area contributed by atoms with Crippen molar-refractivity contribution in [1.82, 2.24) is 9.80 Å². The van der Waals surface area contributed by atoms with Gasteiger partial charge in [0.05, 0.1) is 5.60 Å². The average molecular weight is 449 g/mol. The summed E-state index contributed by atoms with van der Waals surface area (Å²) < 4.78 is 0. The quantitative estimate of drug-likeness (QED) is 0.739. The number of benzene rings is 2. The first-order valence-electron chi connectivity index (χ1n) is 12.4. The maximum Gasteiger partial charge on any atom is 0.253 e. The number of aliphatic hydroxyl groups is 1. The zero-order chi connectivity index (χ0) is 23.2. The van der Waals surface area contributed by atoms with E-state index in [4.69, 9.17) is 0 Å². The predicted molar refractivity (Wildman–Crippen MR) is 129 cm³/mol. The summed E-state index contributed by atoms with van der Waals surface area (Å²) in [5.41, 5.74) is 1.35. The van der Waals surface area contributed by atoms with Crippen molar-refractivity contribution in [2.75, 3.05) is 26.2 Å². The summed E-state index contributed by atoms with van der Waals surface area (Å²) in [6, 6.07) is 15.0. The van der Waals surface area contributed by atoms with E-state index < -0.39 is 11.0 Å². The molecule has 0 aromatic heterocycles. The van der Waals surface area contributed by atoms with Crippen LogP contribution in [-0.2, 0) is 5.41 Å². The van der Waals surface area contributed by atoms with E-state index in [-0.39, 0.29) is 17.7 Å². The predicted octanol–water partition coefficient (Wildman–Crippen LogP) is 4.11. The van der Waals surface area contributed by atoms with Gasteiger partial charge >= 0.3 is 0 Å². The number of amides is 1. The van der Waals surface area contributed by atoms with E-state index >= 15 is 0 Å². The van der Waals surface area contributed by atoms with Crippen molar-refractivity contribution in [1.29, 1.82) is 0 Å². The molecule has 2 N–H and O–H groups in total. The molecule has 2 saturated heterocycles. The molecule has 3 unspecified atom stereocenters. The topological polar surface area (TPSA) is 64.0 Å². The van der Waals surface area contributed by atoms with Crippen LogP contribution in [0.25, 0.3) is 0 Å². The van der Waals surface area contributed by atoms with E-state index in [1.54, 1.807) is 6.07 Å². The first-order valence-corrected chi connectivity index (χ1v) is 12.4. The van der Waals surface area contributed by atoms with Crippen LogP contribution < -0.4 is 0 Å². The number of piperidine rings is 1. The van der Waals surface area contributed by atoms with Crippen molar-refractivity contribution in [3.8, 4) is 5.75 Å². The van der Waals surface area contributed by atoms with Crippen LogP contribution in [0.3, 0.4) is 0 Å². The third-order valence-corrected chi connectivity index (χ3v) is 8.70. The molecule has 1 aliphatic carbocycles. The minimum Gasteiger partial charge on any atom is -0.508 e. The first kappa shape index (κ1) is 22.4. The lowest BCUT2D eigenvalue weighted by atomic mass is 9.57. The van der Waals surface area contributed by atoms with Gasteiger partial charge < -0.3 is 15.1 Å². The second-order valence-corrected chi connectivity index (χ2v) is 10.5. The number of aryl methyl sites for hydroxylation is 1. The largest absolute Gasteiger partial charge is 0.508 e. The van der Waals surface area contributed by atoms with Gasteiger partial charge in [-0.25, -0.2) is 0 Å². The fourth-order valence-electron chi connectivity index (χ4n) is 6.46. The Kier molecular flexibility index (Phi) is 5.74. The molecule has 1 amide bonds. The second-order valence-electron chi connectivity index (χ2n) is 10.5. The Morgan fingerprint density at radius 1 is 1.03 bits per heavy atom. The van der Waals surface area contributed by atoms with Crippen LogP contribution in [0.15, 0.2) is 48.5 Å². The van der Waals surface area contributed by atoms with Gasteiger partial charge in [0.1, 0.15) is 5.75 Å². The molecule has 33 heavy (non-hydrogen) atoms. The number of phenolic OH excluding ortho intramolecular Hbond substituents is 1. The van der Waals surface area contributed by atoms with Gasteiger partial charge in [-0.2, -0.15) is 0 Å². The Morgan fingerprint density at radius 2 is 1.73 bits per heavy atom. The molecule has 5 rings (SSSR count). The number of fused-ring (bicyclic) bond motifs is 1. The highest BCUT2D eigenvalue weighted by Crippen LogP contribution is 2.53. The zero-order valence-electron chi connectivity index (χ0n) is 19.8. The van der Waals surface area contributed by atoms with Crippen LogP contribution in [0.2, 0.25) is 0 Å². The molecule has 2 aromatic carbocycles. The first-order chi connectivity index (χ1) is 15.8. The van der Waals surface area contributed by atoms with Crippen molar-refractivity contribution < 1.29 is 15.0 Å². The molecule has 2 aromatic rings. The van der Waals surface area contributed by atoms with Gasteiger partial charge in [-0.1, -0.05) is 24.3 Å². The molecule has 176 valence electrons. The Labute approximate surface area is 197 Å². The van der Waals surface area contributed by atoms with Crippen LogP contribution in [0.5, 0.6) is 5.75 Å². The summed E-state index contributed by atoms with van der Waals surface area (Å²) in [7, 11) is 0. The van der Waals surface area contributed by atoms with Crippen molar-refractivity contribution in [3.05, 3.63) is 65.2 Å². The van der Waals surface area contributed by atoms with E-state index in [1.807, 2.05) is 47.4 Å². The SMILES string of the molecule is Cc1ccc(O)cc1C12CCN(C(=O)c3ccccc3)CCC1(O)C(C)N(CC1CC1)CC2. The number of phenols is 1. The number of nitrogens with zero attached hydrogens (tertiary/aromatic N) is 2. The van der Waals surface area contributed by atoms with Crippen molar-refractivity contribution in [2.24, 2.45) is 5.92 Å². The molecule has 1 saturated carbocycles. The van der Waals surface area contributed by atoms with Crippen LogP contribution in [0, 0.1) is 12.8 Å². The molecule has 0 radical (unpaired) electrons. The van der Waals surface area contributed by atoms with E-state index in [0.29, 0.717) is 31.5 Å². The summed E-state index contributed by atoms with van der Waals surface area (Å²) in [4.78, 5) is 17.7. The summed E-state index contributed by atoms with van der Waals surface area (Å²) in [5.74, 6) is 1.03. The maximum absolute atomic E-state index is 13.3. The number of carbonyl (C=O) groups excluding carboxylic acids is 1. The van der Waals surface area contributed by atoms with E-state index in [2.05, 4.69) is 18.7 Å². The lowest BCUT2D eigenvalue weighted by molar-refractivity contribution is -0.136. The van der Waals surface area contributed by atoms with Crippen molar-refractivity contribution >= 4 is 5.91 Å². The van der Waals surface area contributed by atoms with E-state index in [1.165, 1.54) is 12.8 Å². The number of aromatic hydroxyl groups is 1. The molecule has 5 heteroatoms. The second kappa shape index (κ2) is 8.44. The average Bonchev–Trinajstić information content (AvgIpc) is 3.65. The van der Waals surface area contributed by atoms with Crippen molar-refractivity contribution in [2.45, 2.75) is 63.0 Å². The Hall–Kier alpha value is -2.37. The van der Waals surface area contributed by atoms with Crippen LogP contribution in [0.4, 0.5) is 0 Å². The standard InChI is InChI=1S/C28H36N2O3/c1-20-8-11-24(31)18-25(20)27-12-15-29(26(32)23-6-4-3-5-7-23)17-14-28(27,33)21(2)30(16-13-27)19-22-9-10-22/h3-8,11,18,21-22,31,33H,9-10,12-17,19H2,1-2H3. The molecular formula is C28H36N2O3. The molecule has 0 bridgehead atoms. The molecule has 2 heterocycles. The van der Waals surface area contributed by atoms with E-state index in [9.17, 15) is 15.0 Å². The zero-order valence-corrected chi connectivity index (χ0v) is 19.8. The van der Waals surface area contributed by atoms with Gasteiger partial charge in [-0.15, -0.1) is 0 Å². The molecule has 5 nitrogen and oxygen atoms in total. The maximum atomic E-state index is 13.3. The van der Waals surface area contributed by atoms with Gasteiger partial charge in [-0.05, 0) is 93.8 Å². The minimum atomic E-state index is -0.982. The Morgan fingerprint density at radius 3 is 2.45 bits per heavy atom. The summed E-state index contributed by atoms with van der Waals surface area (Å²) in [5, 5.41) is 23.0. The molecule has 3 atom stereocenters. The fourth-order valence-corrected chi connectivity index (χ4v) is 6.46. The lowest BCUT2D eigenvalue weighted by Gasteiger charge is -2.57. The number of hydrogen-bond donors (Lipinski definition) is 2. The fraction of sp³-hybridized carbons (Fsp3) is 0.536. The highest BCUT2D eigenvalue weighted by Gasteiger charge is 2.59. The molecule has 0 spiro atoms. The van der Waals surface area contributed by atoms with Crippen LogP contribution in [0.1, 0.15) is 60.5 Å². The van der Waals surface area contributed by atoms with Crippen LogP contribution >= 0.6 is 0 Å². The number of rotatable bonds is 4. The minimum absolute atomic E-state index is 0.0135. The highest BCUT2D eigenvalue weighted by atomic mass is 16.3. The molecule has 2 aliphatic heterocycles. The van der Waals surface area contributed by atoms with Gasteiger partial charge in [0.2, 0.25) is 0 Å². The lowest BCUT2D eigenvalue weighted by Crippen LogP contribution is -2.68. The summed E-state index contributed by atoms with van der Waals surface area (Å²) >= 11 is 0. The normalized spacial score (nSPS) is 30.5. The number of carbonyl (C=O) groups is 1. The van der Waals surface area contributed by atoms with Gasteiger partial charge in [0.15, 0.2) is 0 Å². The van der Waals surface area contributed by atoms with Crippen LogP contribution in [-0.4, -0.2) is 63.7 Å².